The van der Waals surface area contributed by atoms with E-state index in [1.165, 1.54) is 0 Å². The average Bonchev–Trinajstić information content (AvgIpc) is 2.71. The fraction of sp³-hybridized carbons (Fsp3) is 0.750. The maximum Gasteiger partial charge on any atom is 0.223 e. The van der Waals surface area contributed by atoms with E-state index in [-0.39, 0.29) is 12.5 Å². The number of carbonyl (C=O) groups is 1. The third kappa shape index (κ3) is 3.56. The maximum atomic E-state index is 11.7. The van der Waals surface area contributed by atoms with Crippen LogP contribution in [0.4, 0.5) is 0 Å². The fourth-order valence-corrected chi connectivity index (χ4v) is 2.11. The highest BCUT2D eigenvalue weighted by molar-refractivity contribution is 5.77. The molecule has 3 nitrogen and oxygen atoms in total. The molecule has 0 saturated carbocycles. The third-order valence-electron chi connectivity index (χ3n) is 2.88. The van der Waals surface area contributed by atoms with Gasteiger partial charge in [-0.3, -0.25) is 4.79 Å². The van der Waals surface area contributed by atoms with Crippen LogP contribution >= 0.6 is 0 Å². The topological polar surface area (TPSA) is 40.5 Å². The zero-order chi connectivity index (χ0) is 11.1. The van der Waals surface area contributed by atoms with Gasteiger partial charge in [0.25, 0.3) is 0 Å². The van der Waals surface area contributed by atoms with Crippen molar-refractivity contribution in [1.29, 1.82) is 0 Å². The number of hydrogen-bond acceptors (Lipinski definition) is 2. The summed E-state index contributed by atoms with van der Waals surface area (Å²) in [6.07, 6.45) is 9.98. The van der Waals surface area contributed by atoms with Gasteiger partial charge in [-0.25, -0.2) is 0 Å². The zero-order valence-electron chi connectivity index (χ0n) is 9.11. The zero-order valence-corrected chi connectivity index (χ0v) is 9.11. The Hall–Kier alpha value is -1.01. The molecular formula is C12H19NO2. The molecule has 0 aliphatic carbocycles. The van der Waals surface area contributed by atoms with Crippen LogP contribution in [0.1, 0.15) is 38.5 Å². The van der Waals surface area contributed by atoms with E-state index in [1.54, 1.807) is 0 Å². The Morgan fingerprint density at radius 2 is 2.40 bits per heavy atom. The molecule has 84 valence electrons. The number of hydrogen-bond donors (Lipinski definition) is 1. The van der Waals surface area contributed by atoms with Crippen molar-refractivity contribution in [2.45, 2.75) is 44.6 Å². The van der Waals surface area contributed by atoms with E-state index in [9.17, 15) is 4.79 Å². The summed E-state index contributed by atoms with van der Waals surface area (Å²) in [6, 6.07) is 0.336. The molecule has 0 aromatic heterocycles. The van der Waals surface area contributed by atoms with Crippen LogP contribution in [-0.2, 0) is 4.79 Å². The molecular weight excluding hydrogens is 190 g/mol. The minimum Gasteiger partial charge on any atom is -0.396 e. The smallest absolute Gasteiger partial charge is 0.223 e. The van der Waals surface area contributed by atoms with E-state index in [0.29, 0.717) is 18.9 Å². The highest BCUT2D eigenvalue weighted by Crippen LogP contribution is 2.22. The number of nitrogens with zero attached hydrogens (tertiary/aromatic N) is 1. The Balaban J connectivity index is 2.38. The Labute approximate surface area is 91.5 Å². The standard InChI is InChI=1S/C12H19NO2/c1-2-3-8-12(15)13-9-4-6-11(13)7-5-10-14/h1,11,14H,3-10H2. The molecule has 1 fully saturated rings. The van der Waals surface area contributed by atoms with Crippen molar-refractivity contribution in [2.75, 3.05) is 13.2 Å². The molecule has 0 bridgehead atoms. The molecule has 0 aromatic rings. The lowest BCUT2D eigenvalue weighted by atomic mass is 10.1. The minimum absolute atomic E-state index is 0.174. The van der Waals surface area contributed by atoms with Gasteiger partial charge < -0.3 is 10.0 Å². The molecule has 1 saturated heterocycles. The molecule has 0 spiro atoms. The van der Waals surface area contributed by atoms with Crippen LogP contribution in [0, 0.1) is 12.3 Å². The van der Waals surface area contributed by atoms with E-state index >= 15 is 0 Å². The first-order valence-electron chi connectivity index (χ1n) is 5.63. The molecule has 1 atom stereocenters. The lowest BCUT2D eigenvalue weighted by molar-refractivity contribution is -0.132. The first-order chi connectivity index (χ1) is 7.29. The summed E-state index contributed by atoms with van der Waals surface area (Å²) in [5, 5.41) is 8.76. The van der Waals surface area contributed by atoms with Gasteiger partial charge in [-0.1, -0.05) is 0 Å². The molecule has 0 aromatic carbocycles. The SMILES string of the molecule is C#CCCC(=O)N1CCCC1CCCO. The first kappa shape index (κ1) is 12.1. The van der Waals surface area contributed by atoms with Crippen LogP contribution in [0.5, 0.6) is 0 Å². The second-order valence-corrected chi connectivity index (χ2v) is 3.95. The Morgan fingerprint density at radius 1 is 1.60 bits per heavy atom. The van der Waals surface area contributed by atoms with Crippen LogP contribution in [0.25, 0.3) is 0 Å². The van der Waals surface area contributed by atoms with E-state index in [2.05, 4.69) is 5.92 Å². The second-order valence-electron chi connectivity index (χ2n) is 3.95. The number of likely N-dealkylation sites (tertiary alicyclic amines) is 1. The number of carbonyl (C=O) groups excluding carboxylic acids is 1. The lowest BCUT2D eigenvalue weighted by Gasteiger charge is -2.24. The maximum absolute atomic E-state index is 11.7. The summed E-state index contributed by atoms with van der Waals surface area (Å²) in [7, 11) is 0. The molecule has 0 radical (unpaired) electrons. The number of aliphatic hydroxyl groups is 1. The van der Waals surface area contributed by atoms with Crippen molar-refractivity contribution in [3.63, 3.8) is 0 Å². The molecule has 15 heavy (non-hydrogen) atoms. The van der Waals surface area contributed by atoms with E-state index < -0.39 is 0 Å². The molecule has 1 aliphatic rings. The van der Waals surface area contributed by atoms with Gasteiger partial charge >= 0.3 is 0 Å². The van der Waals surface area contributed by atoms with E-state index in [1.807, 2.05) is 4.90 Å². The molecule has 1 N–H and O–H groups in total. The van der Waals surface area contributed by atoms with E-state index in [0.717, 1.165) is 32.2 Å². The summed E-state index contributed by atoms with van der Waals surface area (Å²) in [5.74, 6) is 2.67. The van der Waals surface area contributed by atoms with Crippen molar-refractivity contribution in [3.05, 3.63) is 0 Å². The molecule has 1 rings (SSSR count). The van der Waals surface area contributed by atoms with Crippen LogP contribution in [-0.4, -0.2) is 35.1 Å². The van der Waals surface area contributed by atoms with Crippen LogP contribution in [0.2, 0.25) is 0 Å². The minimum atomic E-state index is 0.174. The highest BCUT2D eigenvalue weighted by Gasteiger charge is 2.27. The molecule has 1 heterocycles. The van der Waals surface area contributed by atoms with Crippen molar-refractivity contribution in [1.82, 2.24) is 4.90 Å². The van der Waals surface area contributed by atoms with Gasteiger partial charge in [0.15, 0.2) is 0 Å². The number of rotatable bonds is 5. The second kappa shape index (κ2) is 6.47. The molecule has 1 amide bonds. The molecule has 1 unspecified atom stereocenters. The third-order valence-corrected chi connectivity index (χ3v) is 2.88. The van der Waals surface area contributed by atoms with Crippen molar-refractivity contribution >= 4 is 5.91 Å². The van der Waals surface area contributed by atoms with Crippen molar-refractivity contribution in [2.24, 2.45) is 0 Å². The van der Waals surface area contributed by atoms with Crippen LogP contribution < -0.4 is 0 Å². The van der Waals surface area contributed by atoms with Gasteiger partial charge in [0, 0.05) is 32.0 Å². The first-order valence-corrected chi connectivity index (χ1v) is 5.63. The van der Waals surface area contributed by atoms with Gasteiger partial charge in [0.05, 0.1) is 0 Å². The number of terminal acetylenes is 1. The largest absolute Gasteiger partial charge is 0.396 e. The molecule has 1 aliphatic heterocycles. The summed E-state index contributed by atoms with van der Waals surface area (Å²) in [6.45, 7) is 1.07. The lowest BCUT2D eigenvalue weighted by Crippen LogP contribution is -2.35. The summed E-state index contributed by atoms with van der Waals surface area (Å²) in [5.41, 5.74) is 0. The van der Waals surface area contributed by atoms with Gasteiger partial charge in [-0.15, -0.1) is 12.3 Å². The van der Waals surface area contributed by atoms with Crippen molar-refractivity contribution in [3.8, 4) is 12.3 Å². The Kier molecular flexibility index (Phi) is 5.20. The monoisotopic (exact) mass is 209 g/mol. The quantitative estimate of drug-likeness (QED) is 0.690. The predicted molar refractivity (Wildman–Crippen MR) is 59.1 cm³/mol. The van der Waals surface area contributed by atoms with E-state index in [4.69, 9.17) is 11.5 Å². The van der Waals surface area contributed by atoms with Crippen molar-refractivity contribution < 1.29 is 9.90 Å². The van der Waals surface area contributed by atoms with Crippen LogP contribution in [0.3, 0.4) is 0 Å². The van der Waals surface area contributed by atoms with Gasteiger partial charge in [0.2, 0.25) is 5.91 Å². The normalized spacial score (nSPS) is 20.3. The Morgan fingerprint density at radius 3 is 3.07 bits per heavy atom. The fourth-order valence-electron chi connectivity index (χ4n) is 2.11. The van der Waals surface area contributed by atoms with Gasteiger partial charge in [-0.2, -0.15) is 0 Å². The number of aliphatic hydroxyl groups excluding tert-OH is 1. The summed E-state index contributed by atoms with van der Waals surface area (Å²) in [4.78, 5) is 13.7. The van der Waals surface area contributed by atoms with Gasteiger partial charge in [-0.05, 0) is 25.7 Å². The van der Waals surface area contributed by atoms with Gasteiger partial charge in [0.1, 0.15) is 0 Å². The highest BCUT2D eigenvalue weighted by atomic mass is 16.3. The van der Waals surface area contributed by atoms with Crippen LogP contribution in [0.15, 0.2) is 0 Å². The molecule has 3 heteroatoms. The average molecular weight is 209 g/mol. The predicted octanol–water partition coefficient (Wildman–Crippen LogP) is 1.16. The summed E-state index contributed by atoms with van der Waals surface area (Å²) >= 11 is 0. The summed E-state index contributed by atoms with van der Waals surface area (Å²) < 4.78 is 0. The number of amides is 1. The Bertz CT molecular complexity index is 244.